The lowest BCUT2D eigenvalue weighted by molar-refractivity contribution is -0.153. The number of thiazole rings is 1. The molecule has 0 saturated heterocycles. The number of rotatable bonds is 7. The Labute approximate surface area is 167 Å². The Hall–Kier alpha value is -2.93. The lowest BCUT2D eigenvalue weighted by Crippen LogP contribution is -2.34. The van der Waals surface area contributed by atoms with Crippen molar-refractivity contribution in [1.29, 1.82) is 0 Å². The van der Waals surface area contributed by atoms with Crippen LogP contribution in [0.4, 0.5) is 0 Å². The van der Waals surface area contributed by atoms with Gasteiger partial charge in [-0.1, -0.05) is 30.3 Å². The maximum Gasteiger partial charge on any atom is 0.344 e. The number of carbonyl (C=O) groups excluding carboxylic acids is 2. The Morgan fingerprint density at radius 1 is 1.11 bits per heavy atom. The lowest BCUT2D eigenvalue weighted by Gasteiger charge is -2.23. The number of amides is 1. The Morgan fingerprint density at radius 3 is 2.57 bits per heavy atom. The van der Waals surface area contributed by atoms with Crippen LogP contribution in [-0.2, 0) is 14.3 Å². The van der Waals surface area contributed by atoms with E-state index in [-0.39, 0.29) is 25.2 Å². The molecule has 0 spiro atoms. The molecule has 0 radical (unpaired) electrons. The van der Waals surface area contributed by atoms with Crippen LogP contribution in [0.5, 0.6) is 5.75 Å². The van der Waals surface area contributed by atoms with Crippen molar-refractivity contribution in [3.8, 4) is 5.75 Å². The van der Waals surface area contributed by atoms with Crippen molar-refractivity contribution in [2.75, 3.05) is 20.3 Å². The summed E-state index contributed by atoms with van der Waals surface area (Å²) in [7, 11) is 1.68. The van der Waals surface area contributed by atoms with Crippen molar-refractivity contribution in [1.82, 2.24) is 9.88 Å². The van der Waals surface area contributed by atoms with Crippen molar-refractivity contribution in [2.45, 2.75) is 19.9 Å². The number of carbonyl (C=O) groups is 2. The first-order valence-electron chi connectivity index (χ1n) is 8.91. The van der Waals surface area contributed by atoms with Crippen molar-refractivity contribution >= 4 is 33.4 Å². The number of hydrogen-bond acceptors (Lipinski definition) is 6. The molecule has 1 amide bonds. The van der Waals surface area contributed by atoms with E-state index < -0.39 is 5.97 Å². The van der Waals surface area contributed by atoms with E-state index in [4.69, 9.17) is 9.47 Å². The Balaban J connectivity index is 1.50. The zero-order valence-corrected chi connectivity index (χ0v) is 16.9. The minimum atomic E-state index is -0.586. The summed E-state index contributed by atoms with van der Waals surface area (Å²) in [6.45, 7) is 3.22. The second-order valence-corrected chi connectivity index (χ2v) is 7.48. The zero-order chi connectivity index (χ0) is 20.1. The van der Waals surface area contributed by atoms with Crippen LogP contribution in [0.2, 0.25) is 0 Å². The van der Waals surface area contributed by atoms with E-state index in [1.165, 1.54) is 4.90 Å². The summed E-state index contributed by atoms with van der Waals surface area (Å²) in [6, 6.07) is 15.0. The van der Waals surface area contributed by atoms with Gasteiger partial charge in [-0.05, 0) is 37.6 Å². The van der Waals surface area contributed by atoms with Gasteiger partial charge < -0.3 is 14.4 Å². The average molecular weight is 398 g/mol. The van der Waals surface area contributed by atoms with E-state index in [0.717, 1.165) is 20.8 Å². The van der Waals surface area contributed by atoms with Crippen LogP contribution in [0, 0.1) is 6.92 Å². The zero-order valence-electron chi connectivity index (χ0n) is 16.0. The summed E-state index contributed by atoms with van der Waals surface area (Å²) < 4.78 is 11.6. The molecule has 3 rings (SSSR count). The summed E-state index contributed by atoms with van der Waals surface area (Å²) >= 11 is 1.55. The summed E-state index contributed by atoms with van der Waals surface area (Å²) in [4.78, 5) is 30.4. The molecule has 0 aliphatic heterocycles. The van der Waals surface area contributed by atoms with Crippen LogP contribution in [-0.4, -0.2) is 42.0 Å². The molecule has 0 N–H and O–H groups in total. The Kier molecular flexibility index (Phi) is 6.26. The first-order chi connectivity index (χ1) is 13.5. The van der Waals surface area contributed by atoms with E-state index in [9.17, 15) is 9.59 Å². The third-order valence-corrected chi connectivity index (χ3v) is 5.64. The molecule has 1 heterocycles. The summed E-state index contributed by atoms with van der Waals surface area (Å²) in [5.74, 6) is -0.263. The number of nitrogens with zero attached hydrogens (tertiary/aromatic N) is 2. The van der Waals surface area contributed by atoms with Gasteiger partial charge >= 0.3 is 5.97 Å². The van der Waals surface area contributed by atoms with Crippen molar-refractivity contribution in [2.24, 2.45) is 0 Å². The molecule has 7 heteroatoms. The predicted molar refractivity (Wildman–Crippen MR) is 108 cm³/mol. The Morgan fingerprint density at radius 2 is 1.82 bits per heavy atom. The first kappa shape index (κ1) is 19.8. The van der Waals surface area contributed by atoms with Gasteiger partial charge in [0.25, 0.3) is 5.91 Å². The average Bonchev–Trinajstić information content (AvgIpc) is 3.14. The van der Waals surface area contributed by atoms with E-state index in [1.54, 1.807) is 24.5 Å². The van der Waals surface area contributed by atoms with Gasteiger partial charge in [-0.3, -0.25) is 4.79 Å². The number of para-hydroxylation sites is 2. The molecule has 0 fully saturated rings. The summed E-state index contributed by atoms with van der Waals surface area (Å²) in [5.41, 5.74) is 1.84. The fourth-order valence-corrected chi connectivity index (χ4v) is 3.65. The van der Waals surface area contributed by atoms with Gasteiger partial charge in [0.15, 0.2) is 13.2 Å². The summed E-state index contributed by atoms with van der Waals surface area (Å²) in [5, 5.41) is 0.839. The molecule has 6 nitrogen and oxygen atoms in total. The van der Waals surface area contributed by atoms with Crippen LogP contribution in [0.15, 0.2) is 48.5 Å². The van der Waals surface area contributed by atoms with Crippen LogP contribution in [0.3, 0.4) is 0 Å². The largest absolute Gasteiger partial charge is 0.482 e. The molecule has 1 aromatic heterocycles. The first-order valence-corrected chi connectivity index (χ1v) is 9.72. The molecular formula is C21H22N2O4S. The quantitative estimate of drug-likeness (QED) is 0.567. The van der Waals surface area contributed by atoms with Gasteiger partial charge in [0, 0.05) is 7.05 Å². The highest BCUT2D eigenvalue weighted by Gasteiger charge is 2.21. The van der Waals surface area contributed by atoms with E-state index in [1.807, 2.05) is 56.3 Å². The molecule has 0 aliphatic carbocycles. The number of benzene rings is 2. The van der Waals surface area contributed by atoms with E-state index in [2.05, 4.69) is 4.98 Å². The number of hydrogen-bond donors (Lipinski definition) is 0. The third kappa shape index (κ3) is 4.67. The van der Waals surface area contributed by atoms with Crippen molar-refractivity contribution in [3.05, 3.63) is 59.1 Å². The van der Waals surface area contributed by atoms with Crippen LogP contribution < -0.4 is 4.74 Å². The van der Waals surface area contributed by atoms with Gasteiger partial charge in [-0.2, -0.15) is 0 Å². The summed E-state index contributed by atoms with van der Waals surface area (Å²) in [6.07, 6.45) is 0. The molecule has 3 aromatic rings. The fourth-order valence-electron chi connectivity index (χ4n) is 2.59. The lowest BCUT2D eigenvalue weighted by atomic mass is 10.2. The van der Waals surface area contributed by atoms with Gasteiger partial charge in [-0.15, -0.1) is 11.3 Å². The minimum absolute atomic E-state index is 0.216. The molecule has 1 atom stereocenters. The molecule has 0 saturated carbocycles. The standard InChI is InChI=1S/C21H22N2O4S/c1-14-8-4-6-10-17(14)26-13-20(25)27-12-19(24)23(3)15(2)21-22-16-9-5-7-11-18(16)28-21/h4-11,15H,12-13H2,1-3H3/t15-/m0/s1. The molecular weight excluding hydrogens is 376 g/mol. The van der Waals surface area contributed by atoms with Crippen LogP contribution in [0.1, 0.15) is 23.5 Å². The number of likely N-dealkylation sites (N-methyl/N-ethyl adjacent to an activating group) is 1. The smallest absolute Gasteiger partial charge is 0.344 e. The molecule has 0 unspecified atom stereocenters. The number of fused-ring (bicyclic) bond motifs is 1. The fraction of sp³-hybridized carbons (Fsp3) is 0.286. The van der Waals surface area contributed by atoms with Crippen LogP contribution >= 0.6 is 11.3 Å². The SMILES string of the molecule is Cc1ccccc1OCC(=O)OCC(=O)N(C)[C@@H](C)c1nc2ccccc2s1. The molecule has 0 bridgehead atoms. The number of aromatic nitrogens is 1. The van der Waals surface area contributed by atoms with Gasteiger partial charge in [-0.25, -0.2) is 9.78 Å². The highest BCUT2D eigenvalue weighted by molar-refractivity contribution is 7.18. The van der Waals surface area contributed by atoms with Crippen molar-refractivity contribution < 1.29 is 19.1 Å². The van der Waals surface area contributed by atoms with Gasteiger partial charge in [0.1, 0.15) is 10.8 Å². The monoisotopic (exact) mass is 398 g/mol. The molecule has 2 aromatic carbocycles. The maximum absolute atomic E-state index is 12.4. The molecule has 28 heavy (non-hydrogen) atoms. The second kappa shape index (κ2) is 8.84. The van der Waals surface area contributed by atoms with Crippen molar-refractivity contribution in [3.63, 3.8) is 0 Å². The molecule has 146 valence electrons. The number of aryl methyl sites for hydroxylation is 1. The van der Waals surface area contributed by atoms with Gasteiger partial charge in [0.05, 0.1) is 16.3 Å². The van der Waals surface area contributed by atoms with Gasteiger partial charge in [0.2, 0.25) is 0 Å². The highest BCUT2D eigenvalue weighted by atomic mass is 32.1. The normalized spacial score (nSPS) is 11.8. The third-order valence-electron chi connectivity index (χ3n) is 4.44. The second-order valence-electron chi connectivity index (χ2n) is 6.42. The highest BCUT2D eigenvalue weighted by Crippen LogP contribution is 2.28. The number of ether oxygens (including phenoxy) is 2. The predicted octanol–water partition coefficient (Wildman–Crippen LogP) is 3.75. The number of esters is 1. The van der Waals surface area contributed by atoms with Crippen LogP contribution in [0.25, 0.3) is 10.2 Å². The maximum atomic E-state index is 12.4. The Bertz CT molecular complexity index is 952. The van der Waals surface area contributed by atoms with E-state index >= 15 is 0 Å². The topological polar surface area (TPSA) is 68.7 Å². The molecule has 0 aliphatic rings. The van der Waals surface area contributed by atoms with E-state index in [0.29, 0.717) is 5.75 Å². The minimum Gasteiger partial charge on any atom is -0.482 e.